The SMILES string of the molecule is O=C(C1CCOCC1)C1CC2CCCC(C1)S2. The van der Waals surface area contributed by atoms with Crippen molar-refractivity contribution in [3.05, 3.63) is 0 Å². The summed E-state index contributed by atoms with van der Waals surface area (Å²) in [5, 5.41) is 1.58. The van der Waals surface area contributed by atoms with Gasteiger partial charge in [0, 0.05) is 35.5 Å². The molecule has 0 saturated carbocycles. The van der Waals surface area contributed by atoms with Crippen LogP contribution in [-0.2, 0) is 9.53 Å². The predicted octanol–water partition coefficient (Wildman–Crippen LogP) is 3.05. The van der Waals surface area contributed by atoms with Crippen molar-refractivity contribution >= 4 is 17.5 Å². The summed E-state index contributed by atoms with van der Waals surface area (Å²) >= 11 is 2.16. The van der Waals surface area contributed by atoms with E-state index in [1.807, 2.05) is 0 Å². The minimum atomic E-state index is 0.317. The van der Waals surface area contributed by atoms with Gasteiger partial charge in [-0.15, -0.1) is 0 Å². The van der Waals surface area contributed by atoms with E-state index in [1.54, 1.807) is 0 Å². The van der Waals surface area contributed by atoms with Gasteiger partial charge in [0.15, 0.2) is 0 Å². The van der Waals surface area contributed by atoms with Gasteiger partial charge in [0.1, 0.15) is 5.78 Å². The van der Waals surface area contributed by atoms with Crippen molar-refractivity contribution in [3.8, 4) is 0 Å². The van der Waals surface area contributed by atoms with Gasteiger partial charge in [-0.05, 0) is 38.5 Å². The van der Waals surface area contributed by atoms with E-state index in [1.165, 1.54) is 19.3 Å². The van der Waals surface area contributed by atoms with Gasteiger partial charge in [0.2, 0.25) is 0 Å². The maximum atomic E-state index is 12.5. The van der Waals surface area contributed by atoms with E-state index >= 15 is 0 Å². The van der Waals surface area contributed by atoms with Crippen molar-refractivity contribution in [1.82, 2.24) is 0 Å². The van der Waals surface area contributed by atoms with Crippen LogP contribution in [-0.4, -0.2) is 29.5 Å². The molecule has 2 nitrogen and oxygen atoms in total. The van der Waals surface area contributed by atoms with Crippen LogP contribution in [0.2, 0.25) is 0 Å². The number of thioether (sulfide) groups is 1. The Labute approximate surface area is 108 Å². The summed E-state index contributed by atoms with van der Waals surface area (Å²) in [6, 6.07) is 0. The zero-order valence-electron chi connectivity index (χ0n) is 10.4. The second-order valence-electron chi connectivity index (χ2n) is 5.77. The first kappa shape index (κ1) is 12.0. The average molecular weight is 254 g/mol. The van der Waals surface area contributed by atoms with E-state index in [9.17, 15) is 4.79 Å². The third-order valence-electron chi connectivity index (χ3n) is 4.56. The molecule has 0 amide bonds. The molecule has 2 bridgehead atoms. The molecule has 3 heterocycles. The lowest BCUT2D eigenvalue weighted by Crippen LogP contribution is -2.37. The summed E-state index contributed by atoms with van der Waals surface area (Å²) in [7, 11) is 0. The Bertz CT molecular complexity index is 274. The van der Waals surface area contributed by atoms with Crippen molar-refractivity contribution in [2.45, 2.75) is 55.4 Å². The fourth-order valence-corrected chi connectivity index (χ4v) is 5.44. The molecule has 2 atom stereocenters. The second-order valence-corrected chi connectivity index (χ2v) is 7.37. The van der Waals surface area contributed by atoms with Crippen molar-refractivity contribution in [3.63, 3.8) is 0 Å². The fraction of sp³-hybridized carbons (Fsp3) is 0.929. The Kier molecular flexibility index (Phi) is 3.76. The maximum absolute atomic E-state index is 12.5. The fourth-order valence-electron chi connectivity index (χ4n) is 3.61. The lowest BCUT2D eigenvalue weighted by Gasteiger charge is -2.39. The lowest BCUT2D eigenvalue weighted by atomic mass is 9.80. The molecule has 3 heteroatoms. The van der Waals surface area contributed by atoms with Crippen LogP contribution in [0.4, 0.5) is 0 Å². The Morgan fingerprint density at radius 3 is 2.24 bits per heavy atom. The maximum Gasteiger partial charge on any atom is 0.139 e. The summed E-state index contributed by atoms with van der Waals surface area (Å²) in [5.41, 5.74) is 0. The molecule has 3 rings (SSSR count). The van der Waals surface area contributed by atoms with Crippen LogP contribution in [0.15, 0.2) is 0 Å². The van der Waals surface area contributed by atoms with Crippen LogP contribution < -0.4 is 0 Å². The molecule has 3 saturated heterocycles. The van der Waals surface area contributed by atoms with Crippen LogP contribution in [0.5, 0.6) is 0 Å². The molecular weight excluding hydrogens is 232 g/mol. The summed E-state index contributed by atoms with van der Waals surface area (Å²) in [5.74, 6) is 1.28. The highest BCUT2D eigenvalue weighted by Crippen LogP contribution is 2.45. The molecular formula is C14H22O2S. The number of hydrogen-bond donors (Lipinski definition) is 0. The van der Waals surface area contributed by atoms with Crippen molar-refractivity contribution < 1.29 is 9.53 Å². The van der Waals surface area contributed by atoms with Crippen LogP contribution in [0, 0.1) is 11.8 Å². The number of ether oxygens (including phenoxy) is 1. The highest BCUT2D eigenvalue weighted by atomic mass is 32.2. The molecule has 0 aromatic rings. The quantitative estimate of drug-likeness (QED) is 0.757. The van der Waals surface area contributed by atoms with E-state index in [0.717, 1.165) is 49.4 Å². The standard InChI is InChI=1S/C14H22O2S/c15-14(10-4-6-16-7-5-10)11-8-12-2-1-3-13(9-11)17-12/h10-13H,1-9H2. The predicted molar refractivity (Wildman–Crippen MR) is 70.3 cm³/mol. The van der Waals surface area contributed by atoms with Gasteiger partial charge in [-0.3, -0.25) is 4.79 Å². The third kappa shape index (κ3) is 2.70. The zero-order chi connectivity index (χ0) is 11.7. The Morgan fingerprint density at radius 2 is 1.59 bits per heavy atom. The zero-order valence-corrected chi connectivity index (χ0v) is 11.2. The summed E-state index contributed by atoms with van der Waals surface area (Å²) in [4.78, 5) is 12.5. The molecule has 0 spiro atoms. The Balaban J connectivity index is 1.61. The molecule has 0 aromatic carbocycles. The van der Waals surface area contributed by atoms with Gasteiger partial charge in [-0.2, -0.15) is 11.8 Å². The van der Waals surface area contributed by atoms with Gasteiger partial charge in [-0.1, -0.05) is 6.42 Å². The van der Waals surface area contributed by atoms with Gasteiger partial charge in [0.05, 0.1) is 0 Å². The first-order chi connectivity index (χ1) is 8.33. The van der Waals surface area contributed by atoms with Gasteiger partial charge in [-0.25, -0.2) is 0 Å². The number of rotatable bonds is 2. The minimum absolute atomic E-state index is 0.317. The second kappa shape index (κ2) is 5.31. The highest BCUT2D eigenvalue weighted by Gasteiger charge is 2.37. The molecule has 0 radical (unpaired) electrons. The number of hydrogen-bond acceptors (Lipinski definition) is 3. The third-order valence-corrected chi connectivity index (χ3v) is 6.18. The molecule has 0 N–H and O–H groups in total. The van der Waals surface area contributed by atoms with Gasteiger partial charge < -0.3 is 4.74 Å². The monoisotopic (exact) mass is 254 g/mol. The largest absolute Gasteiger partial charge is 0.381 e. The summed E-state index contributed by atoms with van der Waals surface area (Å²) in [6.07, 6.45) is 8.35. The molecule has 96 valence electrons. The van der Waals surface area contributed by atoms with E-state index < -0.39 is 0 Å². The normalized spacial score (nSPS) is 38.9. The van der Waals surface area contributed by atoms with E-state index in [-0.39, 0.29) is 0 Å². The molecule has 0 aromatic heterocycles. The van der Waals surface area contributed by atoms with E-state index in [0.29, 0.717) is 17.6 Å². The molecule has 3 aliphatic heterocycles. The van der Waals surface area contributed by atoms with Crippen LogP contribution in [0.25, 0.3) is 0 Å². The number of ketones is 1. The Morgan fingerprint density at radius 1 is 0.941 bits per heavy atom. The van der Waals surface area contributed by atoms with E-state index in [4.69, 9.17) is 4.74 Å². The topological polar surface area (TPSA) is 26.3 Å². The van der Waals surface area contributed by atoms with Crippen LogP contribution in [0.1, 0.15) is 44.9 Å². The first-order valence-corrected chi connectivity index (χ1v) is 8.04. The smallest absolute Gasteiger partial charge is 0.139 e. The lowest BCUT2D eigenvalue weighted by molar-refractivity contribution is -0.130. The van der Waals surface area contributed by atoms with Gasteiger partial charge in [0.25, 0.3) is 0 Å². The summed E-state index contributed by atoms with van der Waals surface area (Å²) in [6.45, 7) is 1.59. The molecule has 3 aliphatic rings. The molecule has 0 aliphatic carbocycles. The molecule has 3 fully saturated rings. The van der Waals surface area contributed by atoms with Crippen molar-refractivity contribution in [1.29, 1.82) is 0 Å². The average Bonchev–Trinajstić information content (AvgIpc) is 2.38. The summed E-state index contributed by atoms with van der Waals surface area (Å²) < 4.78 is 5.36. The number of carbonyl (C=O) groups is 1. The van der Waals surface area contributed by atoms with E-state index in [2.05, 4.69) is 11.8 Å². The number of fused-ring (bicyclic) bond motifs is 2. The van der Waals surface area contributed by atoms with Gasteiger partial charge >= 0.3 is 0 Å². The van der Waals surface area contributed by atoms with Crippen molar-refractivity contribution in [2.75, 3.05) is 13.2 Å². The minimum Gasteiger partial charge on any atom is -0.381 e. The molecule has 2 unspecified atom stereocenters. The number of carbonyl (C=O) groups excluding carboxylic acids is 1. The van der Waals surface area contributed by atoms with Crippen molar-refractivity contribution in [2.24, 2.45) is 11.8 Å². The van der Waals surface area contributed by atoms with Crippen LogP contribution >= 0.6 is 11.8 Å². The number of Topliss-reactive ketones (excluding diaryl/α,β-unsaturated/α-hetero) is 1. The van der Waals surface area contributed by atoms with Crippen LogP contribution in [0.3, 0.4) is 0 Å². The molecule has 17 heavy (non-hydrogen) atoms. The Hall–Kier alpha value is -0.0200. The highest BCUT2D eigenvalue weighted by molar-refractivity contribution is 8.00. The first-order valence-electron chi connectivity index (χ1n) is 7.10.